The summed E-state index contributed by atoms with van der Waals surface area (Å²) in [5.74, 6) is -0.190. The number of hydrogen-bond donors (Lipinski definition) is 3. The summed E-state index contributed by atoms with van der Waals surface area (Å²) in [5, 5.41) is 10.8. The van der Waals surface area contributed by atoms with Crippen LogP contribution in [0, 0.1) is 0 Å². The molecule has 1 fully saturated rings. The van der Waals surface area contributed by atoms with Crippen molar-refractivity contribution in [2.24, 2.45) is 7.05 Å². The fourth-order valence-electron chi connectivity index (χ4n) is 5.33. The SMILES string of the molecule is Cn1cc(N2C(=O)c3[nH]cc(-c4nc(NC5CCC(C)(C)NC5)ncc4C(F)(F)F)c3CCC2(C)C)cn1. The normalized spacial score (nSPS) is 21.2. The van der Waals surface area contributed by atoms with E-state index in [1.165, 1.54) is 6.20 Å². The number of halogens is 3. The summed E-state index contributed by atoms with van der Waals surface area (Å²) >= 11 is 0. The molecule has 1 amide bonds. The number of aryl methyl sites for hydroxylation is 1. The first kappa shape index (κ1) is 26.2. The maximum absolute atomic E-state index is 14.1. The Hall–Kier alpha value is -3.41. The Balaban J connectivity index is 1.54. The predicted octanol–water partition coefficient (Wildman–Crippen LogP) is 4.54. The first-order valence-corrected chi connectivity index (χ1v) is 12.7. The highest BCUT2D eigenvalue weighted by atomic mass is 19.4. The van der Waals surface area contributed by atoms with Crippen molar-refractivity contribution in [3.05, 3.63) is 41.6 Å². The molecule has 3 aromatic rings. The van der Waals surface area contributed by atoms with E-state index in [1.54, 1.807) is 29.0 Å². The molecular formula is C26H33F3N8O. The minimum Gasteiger partial charge on any atom is -0.356 e. The van der Waals surface area contributed by atoms with Gasteiger partial charge in [-0.15, -0.1) is 0 Å². The number of rotatable bonds is 4. The fourth-order valence-corrected chi connectivity index (χ4v) is 5.33. The van der Waals surface area contributed by atoms with Crippen LogP contribution in [0.3, 0.4) is 0 Å². The highest BCUT2D eigenvalue weighted by Crippen LogP contribution is 2.41. The van der Waals surface area contributed by atoms with Crippen molar-refractivity contribution in [1.82, 2.24) is 30.0 Å². The van der Waals surface area contributed by atoms with E-state index in [2.05, 4.69) is 44.5 Å². The molecule has 2 aliphatic rings. The summed E-state index contributed by atoms with van der Waals surface area (Å²) in [7, 11) is 1.76. The number of aromatic amines is 1. The maximum Gasteiger partial charge on any atom is 0.419 e. The minimum absolute atomic E-state index is 0.00799. The number of piperidine rings is 1. The van der Waals surface area contributed by atoms with Gasteiger partial charge in [0.2, 0.25) is 5.95 Å². The zero-order chi connectivity index (χ0) is 27.5. The standard InChI is InChI=1S/C26H33F3N8O/c1-24(2)8-6-15(10-32-24)34-23-31-13-19(26(27,28)29)20(35-23)18-12-30-21-17(18)7-9-25(3,4)37(22(21)38)16-11-33-36(5)14-16/h11-15,30,32H,6-10H2,1-5H3,(H,31,34,35). The van der Waals surface area contributed by atoms with Crippen molar-refractivity contribution < 1.29 is 18.0 Å². The van der Waals surface area contributed by atoms with E-state index >= 15 is 0 Å². The van der Waals surface area contributed by atoms with Crippen LogP contribution in [0.1, 0.15) is 68.6 Å². The zero-order valence-corrected chi connectivity index (χ0v) is 22.2. The molecule has 0 bridgehead atoms. The van der Waals surface area contributed by atoms with E-state index in [0.29, 0.717) is 30.6 Å². The van der Waals surface area contributed by atoms with Crippen molar-refractivity contribution >= 4 is 17.5 Å². The molecule has 38 heavy (non-hydrogen) atoms. The van der Waals surface area contributed by atoms with E-state index in [1.807, 2.05) is 13.8 Å². The Labute approximate surface area is 219 Å². The molecule has 2 aliphatic heterocycles. The van der Waals surface area contributed by atoms with Gasteiger partial charge in [0.1, 0.15) is 11.3 Å². The van der Waals surface area contributed by atoms with Crippen molar-refractivity contribution in [3.8, 4) is 11.3 Å². The fraction of sp³-hybridized carbons (Fsp3) is 0.538. The number of alkyl halides is 3. The number of nitrogens with zero attached hydrogens (tertiary/aromatic N) is 5. The van der Waals surface area contributed by atoms with Gasteiger partial charge in [-0.25, -0.2) is 9.97 Å². The second-order valence-electron chi connectivity index (χ2n) is 11.5. The third-order valence-corrected chi connectivity index (χ3v) is 7.57. The lowest BCUT2D eigenvalue weighted by Crippen LogP contribution is -2.50. The van der Waals surface area contributed by atoms with Gasteiger partial charge in [-0.05, 0) is 58.9 Å². The average Bonchev–Trinajstić information content (AvgIpc) is 3.42. The van der Waals surface area contributed by atoms with Gasteiger partial charge in [-0.2, -0.15) is 18.3 Å². The summed E-state index contributed by atoms with van der Waals surface area (Å²) in [6, 6.07) is -0.00799. The van der Waals surface area contributed by atoms with Crippen LogP contribution in [0.4, 0.5) is 24.8 Å². The maximum atomic E-state index is 14.1. The van der Waals surface area contributed by atoms with Crippen LogP contribution in [0.25, 0.3) is 11.3 Å². The lowest BCUT2D eigenvalue weighted by molar-refractivity contribution is -0.137. The van der Waals surface area contributed by atoms with Crippen molar-refractivity contribution in [2.45, 2.75) is 76.7 Å². The zero-order valence-electron chi connectivity index (χ0n) is 22.2. The van der Waals surface area contributed by atoms with Crippen molar-refractivity contribution in [3.63, 3.8) is 0 Å². The van der Waals surface area contributed by atoms with E-state index in [0.717, 1.165) is 19.0 Å². The first-order valence-electron chi connectivity index (χ1n) is 12.7. The van der Waals surface area contributed by atoms with Crippen molar-refractivity contribution in [2.75, 3.05) is 16.8 Å². The smallest absolute Gasteiger partial charge is 0.356 e. The summed E-state index contributed by atoms with van der Waals surface area (Å²) < 4.78 is 43.9. The van der Waals surface area contributed by atoms with Crippen LogP contribution in [-0.4, -0.2) is 54.3 Å². The van der Waals surface area contributed by atoms with Gasteiger partial charge in [-0.3, -0.25) is 14.4 Å². The number of hydrogen-bond acceptors (Lipinski definition) is 6. The van der Waals surface area contributed by atoms with Crippen LogP contribution in [0.5, 0.6) is 0 Å². The number of nitrogens with one attached hydrogen (secondary N) is 3. The van der Waals surface area contributed by atoms with Crippen LogP contribution in [-0.2, 0) is 19.6 Å². The highest BCUT2D eigenvalue weighted by molar-refractivity contribution is 6.08. The van der Waals surface area contributed by atoms with Gasteiger partial charge in [0, 0.05) is 54.9 Å². The lowest BCUT2D eigenvalue weighted by Gasteiger charge is -2.36. The molecule has 3 N–H and O–H groups in total. The third kappa shape index (κ3) is 4.89. The largest absolute Gasteiger partial charge is 0.419 e. The molecule has 1 saturated heterocycles. The summed E-state index contributed by atoms with van der Waals surface area (Å²) in [4.78, 5) is 26.7. The number of fused-ring (bicyclic) bond motifs is 1. The van der Waals surface area contributed by atoms with Gasteiger partial charge >= 0.3 is 6.18 Å². The number of aromatic nitrogens is 5. The van der Waals surface area contributed by atoms with Crippen LogP contribution < -0.4 is 15.5 Å². The Bertz CT molecular complexity index is 1350. The first-order chi connectivity index (χ1) is 17.7. The van der Waals surface area contributed by atoms with E-state index < -0.39 is 17.3 Å². The molecule has 204 valence electrons. The highest BCUT2D eigenvalue weighted by Gasteiger charge is 2.41. The van der Waals surface area contributed by atoms with E-state index in [9.17, 15) is 18.0 Å². The molecule has 9 nitrogen and oxygen atoms in total. The quantitative estimate of drug-likeness (QED) is 0.458. The van der Waals surface area contributed by atoms with Gasteiger partial charge in [0.25, 0.3) is 5.91 Å². The number of carbonyl (C=O) groups excluding carboxylic acids is 1. The lowest BCUT2D eigenvalue weighted by atomic mass is 9.91. The van der Waals surface area contributed by atoms with Crippen molar-refractivity contribution in [1.29, 1.82) is 0 Å². The average molecular weight is 531 g/mol. The Kier molecular flexibility index (Phi) is 6.28. The monoisotopic (exact) mass is 530 g/mol. The molecule has 0 saturated carbocycles. The molecule has 12 heteroatoms. The second-order valence-corrected chi connectivity index (χ2v) is 11.5. The molecule has 5 heterocycles. The summed E-state index contributed by atoms with van der Waals surface area (Å²) in [6.45, 7) is 8.77. The molecule has 0 aromatic carbocycles. The third-order valence-electron chi connectivity index (χ3n) is 7.57. The molecular weight excluding hydrogens is 497 g/mol. The van der Waals surface area contributed by atoms with Crippen LogP contribution >= 0.6 is 0 Å². The van der Waals surface area contributed by atoms with E-state index in [-0.39, 0.29) is 40.4 Å². The summed E-state index contributed by atoms with van der Waals surface area (Å²) in [6.07, 6.45) is 3.66. The number of amides is 1. The number of H-pyrrole nitrogens is 1. The topological polar surface area (TPSA) is 104 Å². The Morgan fingerprint density at radius 3 is 2.55 bits per heavy atom. The van der Waals surface area contributed by atoms with E-state index in [4.69, 9.17) is 0 Å². The van der Waals surface area contributed by atoms with Crippen LogP contribution in [0.15, 0.2) is 24.8 Å². The number of carbonyl (C=O) groups is 1. The molecule has 0 spiro atoms. The van der Waals surface area contributed by atoms with Gasteiger partial charge < -0.3 is 15.6 Å². The molecule has 5 rings (SSSR count). The number of anilines is 2. The van der Waals surface area contributed by atoms with Crippen LogP contribution in [0.2, 0.25) is 0 Å². The molecule has 1 unspecified atom stereocenters. The van der Waals surface area contributed by atoms with Gasteiger partial charge in [0.15, 0.2) is 0 Å². The molecule has 3 aromatic heterocycles. The Morgan fingerprint density at radius 2 is 1.92 bits per heavy atom. The van der Waals surface area contributed by atoms with Gasteiger partial charge in [0.05, 0.1) is 17.6 Å². The Morgan fingerprint density at radius 1 is 1.16 bits per heavy atom. The second kappa shape index (κ2) is 9.11. The minimum atomic E-state index is -4.66. The predicted molar refractivity (Wildman–Crippen MR) is 138 cm³/mol. The molecule has 0 radical (unpaired) electrons. The molecule has 0 aliphatic carbocycles. The molecule has 1 atom stereocenters. The summed E-state index contributed by atoms with van der Waals surface area (Å²) in [5.41, 5.74) is -0.0931. The van der Waals surface area contributed by atoms with Gasteiger partial charge in [-0.1, -0.05) is 0 Å².